The fraction of sp³-hybridized carbons (Fsp3) is 0.900. The molecule has 1 heterocycles. The van der Waals surface area contributed by atoms with E-state index in [0.29, 0.717) is 24.8 Å². The van der Waals surface area contributed by atoms with Crippen molar-refractivity contribution in [2.24, 2.45) is 11.8 Å². The van der Waals surface area contributed by atoms with E-state index in [1.807, 2.05) is 11.8 Å². The van der Waals surface area contributed by atoms with E-state index in [-0.39, 0.29) is 17.9 Å². The SMILES string of the molecule is CCCCC(C)CC(CC)CC(=O)N1CCCC1C(=O)NCCC. The van der Waals surface area contributed by atoms with Crippen molar-refractivity contribution in [1.82, 2.24) is 10.2 Å². The molecule has 0 saturated carbocycles. The average Bonchev–Trinajstić information content (AvgIpc) is 3.06. The Morgan fingerprint density at radius 2 is 1.96 bits per heavy atom. The molecule has 3 atom stereocenters. The quantitative estimate of drug-likeness (QED) is 0.615. The monoisotopic (exact) mass is 338 g/mol. The topological polar surface area (TPSA) is 49.4 Å². The Kier molecular flexibility index (Phi) is 10.0. The van der Waals surface area contributed by atoms with Gasteiger partial charge in [0.05, 0.1) is 0 Å². The summed E-state index contributed by atoms with van der Waals surface area (Å²) in [6, 6.07) is -0.237. The third-order valence-electron chi connectivity index (χ3n) is 5.25. The third kappa shape index (κ3) is 6.82. The standard InChI is InChI=1S/C20H38N2O2/c1-5-8-10-16(4)14-17(7-3)15-19(23)22-13-9-11-18(22)20(24)21-12-6-2/h16-18H,5-15H2,1-4H3,(H,21,24). The summed E-state index contributed by atoms with van der Waals surface area (Å²) >= 11 is 0. The summed E-state index contributed by atoms with van der Waals surface area (Å²) < 4.78 is 0. The van der Waals surface area contributed by atoms with Crippen LogP contribution in [0.15, 0.2) is 0 Å². The zero-order valence-electron chi connectivity index (χ0n) is 16.3. The number of amides is 2. The van der Waals surface area contributed by atoms with Crippen molar-refractivity contribution in [3.05, 3.63) is 0 Å². The van der Waals surface area contributed by atoms with Crippen molar-refractivity contribution in [1.29, 1.82) is 0 Å². The Morgan fingerprint density at radius 1 is 1.21 bits per heavy atom. The minimum Gasteiger partial charge on any atom is -0.354 e. The Hall–Kier alpha value is -1.06. The molecule has 24 heavy (non-hydrogen) atoms. The fourth-order valence-electron chi connectivity index (χ4n) is 3.70. The highest BCUT2D eigenvalue weighted by Crippen LogP contribution is 2.26. The van der Waals surface area contributed by atoms with Gasteiger partial charge in [-0.15, -0.1) is 0 Å². The van der Waals surface area contributed by atoms with E-state index in [4.69, 9.17) is 0 Å². The highest BCUT2D eigenvalue weighted by Gasteiger charge is 2.34. The van der Waals surface area contributed by atoms with Gasteiger partial charge in [-0.2, -0.15) is 0 Å². The first-order valence-electron chi connectivity index (χ1n) is 10.1. The van der Waals surface area contributed by atoms with Crippen LogP contribution in [0.25, 0.3) is 0 Å². The average molecular weight is 339 g/mol. The molecular formula is C20H38N2O2. The molecule has 0 aromatic rings. The number of carbonyl (C=O) groups is 2. The van der Waals surface area contributed by atoms with E-state index in [2.05, 4.69) is 26.1 Å². The maximum Gasteiger partial charge on any atom is 0.242 e. The number of hydrogen-bond acceptors (Lipinski definition) is 2. The van der Waals surface area contributed by atoms with Gasteiger partial charge in [0, 0.05) is 19.5 Å². The first kappa shape index (κ1) is 21.0. The molecular weight excluding hydrogens is 300 g/mol. The highest BCUT2D eigenvalue weighted by molar-refractivity contribution is 5.88. The second-order valence-corrected chi connectivity index (χ2v) is 7.50. The molecule has 0 bridgehead atoms. The van der Waals surface area contributed by atoms with Crippen LogP contribution >= 0.6 is 0 Å². The lowest BCUT2D eigenvalue weighted by molar-refractivity contribution is -0.139. The Labute approximate surface area is 148 Å². The van der Waals surface area contributed by atoms with E-state index in [0.717, 1.165) is 38.6 Å². The molecule has 0 aliphatic carbocycles. The molecule has 1 fully saturated rings. The molecule has 1 aliphatic heterocycles. The van der Waals surface area contributed by atoms with Crippen LogP contribution in [0.2, 0.25) is 0 Å². The van der Waals surface area contributed by atoms with Gasteiger partial charge in [0.15, 0.2) is 0 Å². The van der Waals surface area contributed by atoms with E-state index in [1.54, 1.807) is 0 Å². The minimum atomic E-state index is -0.237. The smallest absolute Gasteiger partial charge is 0.242 e. The second kappa shape index (κ2) is 11.5. The minimum absolute atomic E-state index is 0.0343. The number of nitrogens with zero attached hydrogens (tertiary/aromatic N) is 1. The molecule has 4 nitrogen and oxygen atoms in total. The normalized spacial score (nSPS) is 20.0. The predicted molar refractivity (Wildman–Crippen MR) is 99.7 cm³/mol. The van der Waals surface area contributed by atoms with Gasteiger partial charge in [-0.3, -0.25) is 9.59 Å². The Morgan fingerprint density at radius 3 is 2.58 bits per heavy atom. The largest absolute Gasteiger partial charge is 0.354 e. The maximum absolute atomic E-state index is 12.7. The lowest BCUT2D eigenvalue weighted by atomic mass is 9.88. The van der Waals surface area contributed by atoms with Gasteiger partial charge in [0.1, 0.15) is 6.04 Å². The molecule has 1 rings (SSSR count). The molecule has 3 unspecified atom stereocenters. The highest BCUT2D eigenvalue weighted by atomic mass is 16.2. The first-order chi connectivity index (χ1) is 11.5. The zero-order chi connectivity index (χ0) is 17.9. The summed E-state index contributed by atoms with van der Waals surface area (Å²) in [5.41, 5.74) is 0. The number of carbonyl (C=O) groups excluding carboxylic acids is 2. The number of likely N-dealkylation sites (tertiary alicyclic amines) is 1. The van der Waals surface area contributed by atoms with Crippen LogP contribution in [0.4, 0.5) is 0 Å². The summed E-state index contributed by atoms with van der Waals surface area (Å²) in [5, 5.41) is 2.95. The number of unbranched alkanes of at least 4 members (excludes halogenated alkanes) is 1. The van der Waals surface area contributed by atoms with Crippen molar-refractivity contribution < 1.29 is 9.59 Å². The molecule has 140 valence electrons. The second-order valence-electron chi connectivity index (χ2n) is 7.50. The van der Waals surface area contributed by atoms with Crippen LogP contribution in [-0.2, 0) is 9.59 Å². The van der Waals surface area contributed by atoms with Crippen LogP contribution in [0.5, 0.6) is 0 Å². The molecule has 2 amide bonds. The van der Waals surface area contributed by atoms with Crippen molar-refractivity contribution in [2.45, 2.75) is 91.5 Å². The summed E-state index contributed by atoms with van der Waals surface area (Å²) in [7, 11) is 0. The first-order valence-corrected chi connectivity index (χ1v) is 10.1. The maximum atomic E-state index is 12.7. The molecule has 1 saturated heterocycles. The van der Waals surface area contributed by atoms with Crippen LogP contribution in [0.1, 0.15) is 85.5 Å². The van der Waals surface area contributed by atoms with E-state index in [1.165, 1.54) is 19.3 Å². The van der Waals surface area contributed by atoms with Crippen molar-refractivity contribution in [3.63, 3.8) is 0 Å². The summed E-state index contributed by atoms with van der Waals surface area (Å²) in [6.07, 6.45) is 9.23. The van der Waals surface area contributed by atoms with Crippen LogP contribution in [-0.4, -0.2) is 35.8 Å². The van der Waals surface area contributed by atoms with E-state index < -0.39 is 0 Å². The van der Waals surface area contributed by atoms with Gasteiger partial charge in [-0.05, 0) is 37.5 Å². The lowest BCUT2D eigenvalue weighted by Crippen LogP contribution is -2.46. The van der Waals surface area contributed by atoms with E-state index in [9.17, 15) is 9.59 Å². The number of rotatable bonds is 11. The van der Waals surface area contributed by atoms with Gasteiger partial charge >= 0.3 is 0 Å². The molecule has 0 aromatic carbocycles. The Bertz CT molecular complexity index is 384. The zero-order valence-corrected chi connectivity index (χ0v) is 16.3. The van der Waals surface area contributed by atoms with Crippen molar-refractivity contribution in [3.8, 4) is 0 Å². The summed E-state index contributed by atoms with van der Waals surface area (Å²) in [4.78, 5) is 26.8. The van der Waals surface area contributed by atoms with Gasteiger partial charge in [0.25, 0.3) is 0 Å². The molecule has 1 N–H and O–H groups in total. The molecule has 0 spiro atoms. The summed E-state index contributed by atoms with van der Waals surface area (Å²) in [6.45, 7) is 10.2. The molecule has 1 aliphatic rings. The van der Waals surface area contributed by atoms with E-state index >= 15 is 0 Å². The van der Waals surface area contributed by atoms with Gasteiger partial charge in [0.2, 0.25) is 11.8 Å². The Balaban J connectivity index is 2.52. The molecule has 0 radical (unpaired) electrons. The van der Waals surface area contributed by atoms with Crippen molar-refractivity contribution in [2.75, 3.05) is 13.1 Å². The van der Waals surface area contributed by atoms with Crippen molar-refractivity contribution >= 4 is 11.8 Å². The van der Waals surface area contributed by atoms with Crippen LogP contribution in [0.3, 0.4) is 0 Å². The molecule has 0 aromatic heterocycles. The predicted octanol–water partition coefficient (Wildman–Crippen LogP) is 4.14. The van der Waals surface area contributed by atoms with Crippen LogP contribution < -0.4 is 5.32 Å². The van der Waals surface area contributed by atoms with Gasteiger partial charge in [-0.25, -0.2) is 0 Å². The van der Waals surface area contributed by atoms with Gasteiger partial charge in [-0.1, -0.05) is 53.4 Å². The number of hydrogen-bond donors (Lipinski definition) is 1. The third-order valence-corrected chi connectivity index (χ3v) is 5.25. The summed E-state index contributed by atoms with van der Waals surface area (Å²) in [5.74, 6) is 1.35. The van der Waals surface area contributed by atoms with Crippen LogP contribution in [0, 0.1) is 11.8 Å². The fourth-order valence-corrected chi connectivity index (χ4v) is 3.70. The molecule has 4 heteroatoms. The van der Waals surface area contributed by atoms with Gasteiger partial charge < -0.3 is 10.2 Å². The number of nitrogens with one attached hydrogen (secondary N) is 1. The lowest BCUT2D eigenvalue weighted by Gasteiger charge is -2.27.